The average Bonchev–Trinajstić information content (AvgIpc) is 2.23. The third-order valence-electron chi connectivity index (χ3n) is 2.28. The number of hydrogen-bond donors (Lipinski definition) is 5. The Kier molecular flexibility index (Phi) is 1.72. The lowest BCUT2D eigenvalue weighted by Gasteiger charge is -2.13. The predicted octanol–water partition coefficient (Wildman–Crippen LogP) is 0.180. The summed E-state index contributed by atoms with van der Waals surface area (Å²) in [5.41, 5.74) is 11.8. The normalized spacial score (nSPS) is 10.7. The van der Waals surface area contributed by atoms with Crippen LogP contribution in [-0.4, -0.2) is 15.0 Å². The van der Waals surface area contributed by atoms with Gasteiger partial charge in [0.05, 0.1) is 17.2 Å². The van der Waals surface area contributed by atoms with E-state index in [-0.39, 0.29) is 22.5 Å². The number of aromatic hydroxyl groups is 1. The molecule has 2 rings (SSSR count). The Balaban J connectivity index is 3.01. The van der Waals surface area contributed by atoms with Crippen molar-refractivity contribution in [1.82, 2.24) is 4.73 Å². The van der Waals surface area contributed by atoms with Crippen LogP contribution in [0.5, 0.6) is 5.75 Å². The second kappa shape index (κ2) is 2.81. The van der Waals surface area contributed by atoms with E-state index in [9.17, 15) is 10.3 Å². The number of nitrogens with two attached hydrogens (primary N) is 2. The van der Waals surface area contributed by atoms with Crippen LogP contribution in [0.1, 0.15) is 0 Å². The van der Waals surface area contributed by atoms with Crippen LogP contribution in [0.4, 0.5) is 11.4 Å². The van der Waals surface area contributed by atoms with Crippen molar-refractivity contribution in [3.8, 4) is 16.9 Å². The van der Waals surface area contributed by atoms with Crippen molar-refractivity contribution in [3.63, 3.8) is 0 Å². The molecule has 1 aliphatic carbocycles. The van der Waals surface area contributed by atoms with E-state index in [1.807, 2.05) is 0 Å². The van der Waals surface area contributed by atoms with Crippen LogP contribution in [0, 0.1) is 5.41 Å². The first-order chi connectivity index (χ1) is 7.02. The summed E-state index contributed by atoms with van der Waals surface area (Å²) in [6.07, 6.45) is 2.62. The zero-order valence-corrected chi connectivity index (χ0v) is 7.73. The fraction of sp³-hybridized carbons (Fsp3) is 0. The van der Waals surface area contributed by atoms with E-state index in [0.29, 0.717) is 11.1 Å². The molecule has 78 valence electrons. The first-order valence-electron chi connectivity index (χ1n) is 4.18. The van der Waals surface area contributed by atoms with Crippen LogP contribution in [-0.2, 0) is 0 Å². The third-order valence-corrected chi connectivity index (χ3v) is 2.28. The summed E-state index contributed by atoms with van der Waals surface area (Å²) in [5, 5.41) is 26.5. The van der Waals surface area contributed by atoms with Crippen LogP contribution in [0.25, 0.3) is 11.1 Å². The van der Waals surface area contributed by atoms with Gasteiger partial charge in [0.15, 0.2) is 0 Å². The van der Waals surface area contributed by atoms with Gasteiger partial charge in [-0.2, -0.15) is 0 Å². The molecule has 0 bridgehead atoms. The van der Waals surface area contributed by atoms with Gasteiger partial charge >= 0.3 is 0 Å². The summed E-state index contributed by atoms with van der Waals surface area (Å²) in [6.45, 7) is 0. The molecule has 0 aromatic rings. The predicted molar refractivity (Wildman–Crippen MR) is 54.6 cm³/mol. The molecule has 6 nitrogen and oxygen atoms in total. The Morgan fingerprint density at radius 1 is 1.20 bits per heavy atom. The maximum atomic E-state index is 9.68. The molecule has 0 atom stereocenters. The Morgan fingerprint density at radius 3 is 2.53 bits per heavy atom. The lowest BCUT2D eigenvalue weighted by atomic mass is 10.0. The molecule has 0 radical (unpaired) electrons. The Hall–Kier alpha value is -2.37. The molecule has 1 aliphatic heterocycles. The van der Waals surface area contributed by atoms with Gasteiger partial charge < -0.3 is 21.8 Å². The molecule has 15 heavy (non-hydrogen) atoms. The Labute approximate surface area is 84.8 Å². The molecule has 0 saturated heterocycles. The lowest BCUT2D eigenvalue weighted by molar-refractivity contribution is 0.184. The third kappa shape index (κ3) is 1.15. The summed E-state index contributed by atoms with van der Waals surface area (Å²) in [7, 11) is 0. The number of nitrogens with zero attached hydrogens (tertiary/aromatic N) is 1. The van der Waals surface area contributed by atoms with Gasteiger partial charge in [-0.3, -0.25) is 5.41 Å². The smallest absolute Gasteiger partial charge is 0.148 e. The maximum Gasteiger partial charge on any atom is 0.148 e. The number of nitrogen functional groups attached to an aromatic ring is 2. The molecule has 0 aromatic carbocycles. The van der Waals surface area contributed by atoms with Crippen molar-refractivity contribution >= 4 is 11.4 Å². The molecule has 0 saturated carbocycles. The zero-order valence-electron chi connectivity index (χ0n) is 7.73. The van der Waals surface area contributed by atoms with E-state index in [1.165, 1.54) is 18.5 Å². The topological polar surface area (TPSA) is 121 Å². The van der Waals surface area contributed by atoms with Crippen molar-refractivity contribution < 1.29 is 10.3 Å². The van der Waals surface area contributed by atoms with Gasteiger partial charge in [0.25, 0.3) is 0 Å². The van der Waals surface area contributed by atoms with Gasteiger partial charge in [0, 0.05) is 17.3 Å². The number of phenols is 1. The second-order valence-electron chi connectivity index (χ2n) is 3.20. The fourth-order valence-electron chi connectivity index (χ4n) is 1.44. The van der Waals surface area contributed by atoms with Gasteiger partial charge in [-0.1, -0.05) is 0 Å². The lowest BCUT2D eigenvalue weighted by Crippen LogP contribution is -2.15. The highest BCUT2D eigenvalue weighted by atomic mass is 16.5. The van der Waals surface area contributed by atoms with Gasteiger partial charge in [-0.15, -0.1) is 0 Å². The molecule has 7 N–H and O–H groups in total. The first kappa shape index (κ1) is 9.20. The summed E-state index contributed by atoms with van der Waals surface area (Å²) < 4.78 is 0.787. The SMILES string of the molecule is N=c1c2cn(O)ccc-2c(O)c(N)c1N. The van der Waals surface area contributed by atoms with E-state index in [4.69, 9.17) is 16.9 Å². The van der Waals surface area contributed by atoms with Crippen molar-refractivity contribution in [1.29, 1.82) is 5.41 Å². The fourth-order valence-corrected chi connectivity index (χ4v) is 1.44. The number of nitrogens with one attached hydrogen (secondary N) is 1. The molecule has 6 heteroatoms. The Morgan fingerprint density at radius 2 is 1.87 bits per heavy atom. The summed E-state index contributed by atoms with van der Waals surface area (Å²) >= 11 is 0. The standard InChI is InChI=1S/C9H10N4O2/c10-6-5-3-13(15)2-1-4(5)9(14)8(12)7(6)11/h1-3,10,14-15H,11-12H2. The minimum Gasteiger partial charge on any atom is -0.505 e. The van der Waals surface area contributed by atoms with E-state index < -0.39 is 0 Å². The van der Waals surface area contributed by atoms with Crippen LogP contribution >= 0.6 is 0 Å². The van der Waals surface area contributed by atoms with E-state index in [0.717, 1.165) is 4.73 Å². The van der Waals surface area contributed by atoms with Crippen molar-refractivity contribution in [2.24, 2.45) is 0 Å². The van der Waals surface area contributed by atoms with Crippen LogP contribution in [0.2, 0.25) is 0 Å². The van der Waals surface area contributed by atoms with Crippen molar-refractivity contribution in [2.45, 2.75) is 0 Å². The molecule has 0 unspecified atom stereocenters. The first-order valence-corrected chi connectivity index (χ1v) is 4.18. The highest BCUT2D eigenvalue weighted by Gasteiger charge is 2.16. The minimum absolute atomic E-state index is 0.00574. The quantitative estimate of drug-likeness (QED) is 0.240. The number of aromatic nitrogens is 1. The van der Waals surface area contributed by atoms with E-state index >= 15 is 0 Å². The monoisotopic (exact) mass is 206 g/mol. The number of anilines is 2. The van der Waals surface area contributed by atoms with Crippen LogP contribution in [0.3, 0.4) is 0 Å². The van der Waals surface area contributed by atoms with E-state index in [2.05, 4.69) is 0 Å². The number of benzene rings is 1. The highest BCUT2D eigenvalue weighted by molar-refractivity contribution is 5.85. The average molecular weight is 206 g/mol. The number of pyridine rings is 1. The molecule has 0 amide bonds. The van der Waals surface area contributed by atoms with Crippen LogP contribution in [0.15, 0.2) is 18.5 Å². The molecule has 0 spiro atoms. The summed E-state index contributed by atoms with van der Waals surface area (Å²) in [6, 6.07) is 1.46. The Bertz CT molecular complexity index is 561. The number of rotatable bonds is 0. The zero-order chi connectivity index (χ0) is 11.2. The van der Waals surface area contributed by atoms with Crippen molar-refractivity contribution in [2.75, 3.05) is 11.5 Å². The number of hydrogen-bond acceptors (Lipinski definition) is 5. The van der Waals surface area contributed by atoms with Gasteiger partial charge in [0.1, 0.15) is 11.4 Å². The van der Waals surface area contributed by atoms with E-state index in [1.54, 1.807) is 0 Å². The molecule has 1 heterocycles. The van der Waals surface area contributed by atoms with Crippen molar-refractivity contribution in [3.05, 3.63) is 23.8 Å². The molecular formula is C9H10N4O2. The summed E-state index contributed by atoms with van der Waals surface area (Å²) in [4.78, 5) is 0. The number of fused-ring (bicyclic) bond motifs is 1. The molecule has 2 aliphatic rings. The summed E-state index contributed by atoms with van der Waals surface area (Å²) in [5.74, 6) is -0.167. The number of phenolic OH excluding ortho intramolecular Hbond substituents is 1. The largest absolute Gasteiger partial charge is 0.505 e. The molecular weight excluding hydrogens is 196 g/mol. The van der Waals surface area contributed by atoms with Gasteiger partial charge in [-0.25, -0.2) is 4.73 Å². The molecule has 0 aromatic heterocycles. The van der Waals surface area contributed by atoms with Gasteiger partial charge in [-0.05, 0) is 6.07 Å². The highest BCUT2D eigenvalue weighted by Crippen LogP contribution is 2.35. The maximum absolute atomic E-state index is 9.68. The van der Waals surface area contributed by atoms with Gasteiger partial charge in [0.2, 0.25) is 0 Å². The second-order valence-corrected chi connectivity index (χ2v) is 3.20. The minimum atomic E-state index is -0.167. The van der Waals surface area contributed by atoms with Crippen LogP contribution < -0.4 is 16.8 Å². The molecule has 0 fully saturated rings.